The van der Waals surface area contributed by atoms with E-state index in [1.807, 2.05) is 38.1 Å². The average molecular weight is 258 g/mol. The summed E-state index contributed by atoms with van der Waals surface area (Å²) in [6, 6.07) is 7.90. The summed E-state index contributed by atoms with van der Waals surface area (Å²) >= 11 is 0. The lowest BCUT2D eigenvalue weighted by Gasteiger charge is -2.10. The zero-order chi connectivity index (χ0) is 13.8. The van der Waals surface area contributed by atoms with Crippen LogP contribution in [0.1, 0.15) is 24.6 Å². The second-order valence-electron chi connectivity index (χ2n) is 4.48. The molecule has 0 spiro atoms. The van der Waals surface area contributed by atoms with Crippen LogP contribution in [0.5, 0.6) is 5.75 Å². The van der Waals surface area contributed by atoms with Crippen molar-refractivity contribution in [3.8, 4) is 5.75 Å². The predicted octanol–water partition coefficient (Wildman–Crippen LogP) is 2.36. The van der Waals surface area contributed by atoms with Crippen LogP contribution in [-0.4, -0.2) is 17.5 Å². The Hall–Kier alpha value is -2.10. The molecule has 0 bridgehead atoms. The number of hydrogen-bond donors (Lipinski definition) is 1. The number of nitrogens with two attached hydrogens (primary N) is 1. The molecular weight excluding hydrogens is 240 g/mol. The largest absolute Gasteiger partial charge is 0.492 e. The Bertz CT molecular complexity index is 608. The second kappa shape index (κ2) is 5.69. The van der Waals surface area contributed by atoms with E-state index < -0.39 is 0 Å². The predicted molar refractivity (Wildman–Crippen MR) is 75.2 cm³/mol. The third-order valence-corrected chi connectivity index (χ3v) is 2.99. The molecule has 19 heavy (non-hydrogen) atoms. The number of benzene rings is 1. The SMILES string of the molecule is CCOc1cccc2c(C)cc(CCC(N)=O)nc12. The van der Waals surface area contributed by atoms with E-state index in [2.05, 4.69) is 4.98 Å². The lowest BCUT2D eigenvalue weighted by molar-refractivity contribution is -0.118. The molecule has 1 aromatic heterocycles. The molecule has 2 rings (SSSR count). The first-order chi connectivity index (χ1) is 9.11. The van der Waals surface area contributed by atoms with Crippen LogP contribution >= 0.6 is 0 Å². The highest BCUT2D eigenvalue weighted by atomic mass is 16.5. The molecule has 0 atom stereocenters. The van der Waals surface area contributed by atoms with Gasteiger partial charge in [-0.15, -0.1) is 0 Å². The molecule has 4 heteroatoms. The van der Waals surface area contributed by atoms with Gasteiger partial charge in [-0.2, -0.15) is 0 Å². The van der Waals surface area contributed by atoms with Crippen LogP contribution in [0.3, 0.4) is 0 Å². The van der Waals surface area contributed by atoms with Gasteiger partial charge in [0.05, 0.1) is 6.61 Å². The summed E-state index contributed by atoms with van der Waals surface area (Å²) in [6.07, 6.45) is 0.876. The maximum atomic E-state index is 10.9. The van der Waals surface area contributed by atoms with Crippen molar-refractivity contribution in [3.05, 3.63) is 35.5 Å². The topological polar surface area (TPSA) is 65.2 Å². The van der Waals surface area contributed by atoms with Crippen molar-refractivity contribution in [2.45, 2.75) is 26.7 Å². The minimum Gasteiger partial charge on any atom is -0.492 e. The summed E-state index contributed by atoms with van der Waals surface area (Å²) in [5.74, 6) is 0.474. The molecule has 0 fully saturated rings. The van der Waals surface area contributed by atoms with Crippen LogP contribution in [0.4, 0.5) is 0 Å². The van der Waals surface area contributed by atoms with Gasteiger partial charge in [-0.3, -0.25) is 4.79 Å². The third kappa shape index (κ3) is 3.02. The average Bonchev–Trinajstić information content (AvgIpc) is 2.38. The Morgan fingerprint density at radius 2 is 2.21 bits per heavy atom. The van der Waals surface area contributed by atoms with E-state index in [4.69, 9.17) is 10.5 Å². The van der Waals surface area contributed by atoms with Crippen LogP contribution in [0.25, 0.3) is 10.9 Å². The van der Waals surface area contributed by atoms with E-state index in [0.717, 1.165) is 27.9 Å². The summed E-state index contributed by atoms with van der Waals surface area (Å²) < 4.78 is 5.60. The van der Waals surface area contributed by atoms with Gasteiger partial charge in [-0.05, 0) is 38.0 Å². The normalized spacial score (nSPS) is 10.6. The molecule has 1 amide bonds. The van der Waals surface area contributed by atoms with E-state index in [9.17, 15) is 4.79 Å². The smallest absolute Gasteiger partial charge is 0.217 e. The number of primary amides is 1. The maximum Gasteiger partial charge on any atom is 0.217 e. The van der Waals surface area contributed by atoms with E-state index in [0.29, 0.717) is 19.4 Å². The number of pyridine rings is 1. The minimum absolute atomic E-state index is 0.308. The van der Waals surface area contributed by atoms with Gasteiger partial charge in [0.15, 0.2) is 0 Å². The van der Waals surface area contributed by atoms with Crippen LogP contribution in [0, 0.1) is 6.92 Å². The summed E-state index contributed by atoms with van der Waals surface area (Å²) in [5, 5.41) is 1.08. The monoisotopic (exact) mass is 258 g/mol. The fourth-order valence-corrected chi connectivity index (χ4v) is 2.11. The number of hydrogen-bond acceptors (Lipinski definition) is 3. The molecule has 0 saturated heterocycles. The van der Waals surface area contributed by atoms with Crippen molar-refractivity contribution < 1.29 is 9.53 Å². The minimum atomic E-state index is -0.308. The van der Waals surface area contributed by atoms with Gasteiger partial charge >= 0.3 is 0 Å². The summed E-state index contributed by atoms with van der Waals surface area (Å²) in [4.78, 5) is 15.5. The number of fused-ring (bicyclic) bond motifs is 1. The molecule has 1 heterocycles. The molecule has 0 aliphatic carbocycles. The van der Waals surface area contributed by atoms with Crippen molar-refractivity contribution >= 4 is 16.8 Å². The van der Waals surface area contributed by atoms with Crippen LogP contribution in [0.15, 0.2) is 24.3 Å². The Balaban J connectivity index is 2.46. The van der Waals surface area contributed by atoms with Crippen LogP contribution in [-0.2, 0) is 11.2 Å². The highest BCUT2D eigenvalue weighted by molar-refractivity contribution is 5.87. The number of rotatable bonds is 5. The van der Waals surface area contributed by atoms with Gasteiger partial charge in [0.25, 0.3) is 0 Å². The van der Waals surface area contributed by atoms with Crippen molar-refractivity contribution in [2.75, 3.05) is 6.61 Å². The number of carbonyl (C=O) groups excluding carboxylic acids is 1. The number of nitrogens with zero attached hydrogens (tertiary/aromatic N) is 1. The van der Waals surface area contributed by atoms with E-state index in [-0.39, 0.29) is 5.91 Å². The standard InChI is InChI=1S/C15H18N2O2/c1-3-19-13-6-4-5-12-10(2)9-11(17-15(12)13)7-8-14(16)18/h4-6,9H,3,7-8H2,1-2H3,(H2,16,18). The third-order valence-electron chi connectivity index (χ3n) is 2.99. The lowest BCUT2D eigenvalue weighted by Crippen LogP contribution is -2.11. The Morgan fingerprint density at radius 3 is 2.89 bits per heavy atom. The number of aryl methyl sites for hydroxylation is 2. The van der Waals surface area contributed by atoms with E-state index >= 15 is 0 Å². The van der Waals surface area contributed by atoms with Crippen molar-refractivity contribution in [3.63, 3.8) is 0 Å². The molecule has 4 nitrogen and oxygen atoms in total. The fourth-order valence-electron chi connectivity index (χ4n) is 2.11. The molecular formula is C15H18N2O2. The Labute approximate surface area is 112 Å². The maximum absolute atomic E-state index is 10.9. The molecule has 100 valence electrons. The number of ether oxygens (including phenoxy) is 1. The summed E-state index contributed by atoms with van der Waals surface area (Å²) in [5.41, 5.74) is 8.03. The van der Waals surface area contributed by atoms with Crippen LogP contribution < -0.4 is 10.5 Å². The number of para-hydroxylation sites is 1. The van der Waals surface area contributed by atoms with Crippen molar-refractivity contribution in [1.29, 1.82) is 0 Å². The van der Waals surface area contributed by atoms with Gasteiger partial charge in [0, 0.05) is 17.5 Å². The highest BCUT2D eigenvalue weighted by Crippen LogP contribution is 2.27. The molecule has 1 aromatic carbocycles. The number of amides is 1. The number of aromatic nitrogens is 1. The molecule has 2 N–H and O–H groups in total. The van der Waals surface area contributed by atoms with Crippen molar-refractivity contribution in [2.24, 2.45) is 5.73 Å². The number of carbonyl (C=O) groups is 1. The summed E-state index contributed by atoms with van der Waals surface area (Å²) in [7, 11) is 0. The first kappa shape index (κ1) is 13.3. The first-order valence-corrected chi connectivity index (χ1v) is 6.42. The molecule has 0 aliphatic heterocycles. The first-order valence-electron chi connectivity index (χ1n) is 6.42. The zero-order valence-corrected chi connectivity index (χ0v) is 11.3. The van der Waals surface area contributed by atoms with Crippen LogP contribution in [0.2, 0.25) is 0 Å². The Kier molecular flexibility index (Phi) is 4.00. The molecule has 0 saturated carbocycles. The van der Waals surface area contributed by atoms with Gasteiger partial charge in [-0.1, -0.05) is 12.1 Å². The molecule has 0 radical (unpaired) electrons. The Morgan fingerprint density at radius 1 is 1.42 bits per heavy atom. The van der Waals surface area contributed by atoms with E-state index in [1.165, 1.54) is 0 Å². The quantitative estimate of drug-likeness (QED) is 0.895. The highest BCUT2D eigenvalue weighted by Gasteiger charge is 2.08. The summed E-state index contributed by atoms with van der Waals surface area (Å²) in [6.45, 7) is 4.58. The second-order valence-corrected chi connectivity index (χ2v) is 4.48. The van der Waals surface area contributed by atoms with Crippen molar-refractivity contribution in [1.82, 2.24) is 4.98 Å². The molecule has 0 unspecified atom stereocenters. The zero-order valence-electron chi connectivity index (χ0n) is 11.3. The lowest BCUT2D eigenvalue weighted by atomic mass is 10.1. The van der Waals surface area contributed by atoms with E-state index in [1.54, 1.807) is 0 Å². The van der Waals surface area contributed by atoms with Gasteiger partial charge in [0.1, 0.15) is 11.3 Å². The molecule has 0 aliphatic rings. The van der Waals surface area contributed by atoms with Gasteiger partial charge < -0.3 is 10.5 Å². The fraction of sp³-hybridized carbons (Fsp3) is 0.333. The molecule has 2 aromatic rings. The van der Waals surface area contributed by atoms with Gasteiger partial charge in [0.2, 0.25) is 5.91 Å². The van der Waals surface area contributed by atoms with Gasteiger partial charge in [-0.25, -0.2) is 4.98 Å².